The third kappa shape index (κ3) is 2.88. The van der Waals surface area contributed by atoms with E-state index in [2.05, 4.69) is 0 Å². The number of nitrogens with zero attached hydrogens (tertiary/aromatic N) is 2. The molecule has 1 aliphatic heterocycles. The van der Waals surface area contributed by atoms with Crippen molar-refractivity contribution in [3.05, 3.63) is 35.1 Å². The van der Waals surface area contributed by atoms with Gasteiger partial charge in [-0.1, -0.05) is 6.07 Å². The Labute approximate surface area is 109 Å². The number of hydrogen-bond donors (Lipinski definition) is 1. The molecule has 19 heavy (non-hydrogen) atoms. The van der Waals surface area contributed by atoms with Gasteiger partial charge >= 0.3 is 0 Å². The summed E-state index contributed by atoms with van der Waals surface area (Å²) in [7, 11) is 0. The summed E-state index contributed by atoms with van der Waals surface area (Å²) in [6, 6.07) is 5.04. The van der Waals surface area contributed by atoms with Gasteiger partial charge in [-0.15, -0.1) is 0 Å². The Morgan fingerprint density at radius 3 is 2.95 bits per heavy atom. The molecule has 0 saturated carbocycles. The van der Waals surface area contributed by atoms with Crippen molar-refractivity contribution in [2.45, 2.75) is 25.2 Å². The standard InChI is InChI=1S/C13H13F2N3O/c14-10-2-1-8(9(3-10)5-16)6-18-7-11(15)4-12(18)13(17)19/h1-3,11-12H,4,6-7H2,(H2,17,19)/t11-,12+/m1/s1. The molecule has 6 heteroatoms. The molecule has 1 aromatic carbocycles. The topological polar surface area (TPSA) is 70.1 Å². The van der Waals surface area contributed by atoms with Crippen molar-refractivity contribution in [3.8, 4) is 6.07 Å². The number of nitrogens with two attached hydrogens (primary N) is 1. The normalized spacial score (nSPS) is 23.2. The lowest BCUT2D eigenvalue weighted by Gasteiger charge is -2.21. The van der Waals surface area contributed by atoms with E-state index in [1.807, 2.05) is 6.07 Å². The minimum Gasteiger partial charge on any atom is -0.368 e. The number of rotatable bonds is 3. The second-order valence-electron chi connectivity index (χ2n) is 4.59. The molecule has 4 nitrogen and oxygen atoms in total. The van der Waals surface area contributed by atoms with Crippen LogP contribution >= 0.6 is 0 Å². The van der Waals surface area contributed by atoms with Crippen LogP contribution in [-0.2, 0) is 11.3 Å². The van der Waals surface area contributed by atoms with Gasteiger partial charge in [-0.05, 0) is 17.7 Å². The number of amides is 1. The van der Waals surface area contributed by atoms with Gasteiger partial charge in [-0.25, -0.2) is 8.78 Å². The molecule has 2 atom stereocenters. The fourth-order valence-corrected chi connectivity index (χ4v) is 2.33. The molecule has 2 rings (SSSR count). The second kappa shape index (κ2) is 5.33. The molecule has 1 heterocycles. The van der Waals surface area contributed by atoms with E-state index in [0.29, 0.717) is 5.56 Å². The lowest BCUT2D eigenvalue weighted by Crippen LogP contribution is -2.39. The quantitative estimate of drug-likeness (QED) is 0.889. The predicted molar refractivity (Wildman–Crippen MR) is 64.0 cm³/mol. The molecule has 0 aliphatic carbocycles. The minimum absolute atomic E-state index is 0.0679. The van der Waals surface area contributed by atoms with Crippen molar-refractivity contribution in [2.75, 3.05) is 6.54 Å². The van der Waals surface area contributed by atoms with Crippen LogP contribution in [0, 0.1) is 17.1 Å². The van der Waals surface area contributed by atoms with Crippen LogP contribution < -0.4 is 5.73 Å². The Bertz CT molecular complexity index is 541. The number of likely N-dealkylation sites (tertiary alicyclic amines) is 1. The van der Waals surface area contributed by atoms with E-state index in [1.54, 1.807) is 4.90 Å². The van der Waals surface area contributed by atoms with Gasteiger partial charge in [0.05, 0.1) is 17.7 Å². The van der Waals surface area contributed by atoms with Gasteiger partial charge in [0.1, 0.15) is 12.0 Å². The number of halogens is 2. The minimum atomic E-state index is -1.11. The van der Waals surface area contributed by atoms with Gasteiger partial charge in [-0.2, -0.15) is 5.26 Å². The highest BCUT2D eigenvalue weighted by atomic mass is 19.1. The van der Waals surface area contributed by atoms with Crippen molar-refractivity contribution >= 4 is 5.91 Å². The molecule has 1 saturated heterocycles. The van der Waals surface area contributed by atoms with E-state index >= 15 is 0 Å². The van der Waals surface area contributed by atoms with E-state index < -0.39 is 23.9 Å². The number of hydrogen-bond acceptors (Lipinski definition) is 3. The monoisotopic (exact) mass is 265 g/mol. The second-order valence-corrected chi connectivity index (χ2v) is 4.59. The average Bonchev–Trinajstić information content (AvgIpc) is 2.72. The summed E-state index contributed by atoms with van der Waals surface area (Å²) in [4.78, 5) is 12.8. The molecule has 1 aliphatic rings. The maximum atomic E-state index is 13.4. The summed E-state index contributed by atoms with van der Waals surface area (Å²) in [5.74, 6) is -1.09. The van der Waals surface area contributed by atoms with Gasteiger partial charge in [0.15, 0.2) is 0 Å². The summed E-state index contributed by atoms with van der Waals surface area (Å²) in [6.07, 6.45) is -1.04. The smallest absolute Gasteiger partial charge is 0.234 e. The zero-order valence-electron chi connectivity index (χ0n) is 10.1. The highest BCUT2D eigenvalue weighted by Gasteiger charge is 2.35. The molecule has 2 N–H and O–H groups in total. The first-order valence-corrected chi connectivity index (χ1v) is 5.87. The summed E-state index contributed by atoms with van der Waals surface area (Å²) >= 11 is 0. The molecular formula is C13H13F2N3O. The number of carbonyl (C=O) groups excluding carboxylic acids is 1. The van der Waals surface area contributed by atoms with Gasteiger partial charge < -0.3 is 5.73 Å². The van der Waals surface area contributed by atoms with Crippen LogP contribution in [0.1, 0.15) is 17.5 Å². The lowest BCUT2D eigenvalue weighted by molar-refractivity contribution is -0.122. The Morgan fingerprint density at radius 2 is 2.32 bits per heavy atom. The fourth-order valence-electron chi connectivity index (χ4n) is 2.33. The average molecular weight is 265 g/mol. The summed E-state index contributed by atoms with van der Waals surface area (Å²) in [6.45, 7) is 0.299. The SMILES string of the molecule is N#Cc1cc(F)ccc1CN1C[C@H](F)C[C@H]1C(N)=O. The highest BCUT2D eigenvalue weighted by molar-refractivity contribution is 5.80. The van der Waals surface area contributed by atoms with E-state index in [0.717, 1.165) is 6.07 Å². The van der Waals surface area contributed by atoms with Crippen molar-refractivity contribution in [1.29, 1.82) is 5.26 Å². The van der Waals surface area contributed by atoms with Crippen molar-refractivity contribution < 1.29 is 13.6 Å². The van der Waals surface area contributed by atoms with Crippen LogP contribution in [0.2, 0.25) is 0 Å². The number of alkyl halides is 1. The molecule has 100 valence electrons. The number of benzene rings is 1. The zero-order valence-corrected chi connectivity index (χ0v) is 10.1. The van der Waals surface area contributed by atoms with E-state index in [-0.39, 0.29) is 25.1 Å². The van der Waals surface area contributed by atoms with Crippen LogP contribution in [0.4, 0.5) is 8.78 Å². The van der Waals surface area contributed by atoms with Gasteiger partial charge in [0.25, 0.3) is 0 Å². The van der Waals surface area contributed by atoms with Crippen LogP contribution in [-0.4, -0.2) is 29.6 Å². The predicted octanol–water partition coefficient (Wildman–Crippen LogP) is 1.10. The molecule has 1 fully saturated rings. The number of nitriles is 1. The van der Waals surface area contributed by atoms with Gasteiger partial charge in [-0.3, -0.25) is 9.69 Å². The largest absolute Gasteiger partial charge is 0.368 e. The Balaban J connectivity index is 2.21. The maximum Gasteiger partial charge on any atom is 0.234 e. The Hall–Kier alpha value is -2.00. The fraction of sp³-hybridized carbons (Fsp3) is 0.385. The van der Waals surface area contributed by atoms with Gasteiger partial charge in [0, 0.05) is 19.5 Å². The zero-order chi connectivity index (χ0) is 14.0. The first-order valence-electron chi connectivity index (χ1n) is 5.87. The van der Waals surface area contributed by atoms with E-state index in [9.17, 15) is 13.6 Å². The summed E-state index contributed by atoms with van der Waals surface area (Å²) in [5.41, 5.74) is 5.97. The Morgan fingerprint density at radius 1 is 1.58 bits per heavy atom. The first-order chi connectivity index (χ1) is 9.01. The lowest BCUT2D eigenvalue weighted by atomic mass is 10.1. The number of carbonyl (C=O) groups is 1. The molecule has 1 aromatic rings. The van der Waals surface area contributed by atoms with Crippen LogP contribution in [0.25, 0.3) is 0 Å². The van der Waals surface area contributed by atoms with Crippen molar-refractivity contribution in [3.63, 3.8) is 0 Å². The molecule has 0 bridgehead atoms. The third-order valence-corrected chi connectivity index (χ3v) is 3.25. The van der Waals surface area contributed by atoms with Crippen molar-refractivity contribution in [2.24, 2.45) is 5.73 Å². The molecule has 0 aromatic heterocycles. The molecule has 0 spiro atoms. The third-order valence-electron chi connectivity index (χ3n) is 3.25. The first kappa shape index (κ1) is 13.4. The van der Waals surface area contributed by atoms with E-state index in [1.165, 1.54) is 12.1 Å². The number of primary amides is 1. The molecule has 0 unspecified atom stereocenters. The summed E-state index contributed by atoms with van der Waals surface area (Å²) in [5, 5.41) is 8.94. The molecular weight excluding hydrogens is 252 g/mol. The highest BCUT2D eigenvalue weighted by Crippen LogP contribution is 2.23. The van der Waals surface area contributed by atoms with Gasteiger partial charge in [0.2, 0.25) is 5.91 Å². The molecule has 0 radical (unpaired) electrons. The van der Waals surface area contributed by atoms with Crippen molar-refractivity contribution in [1.82, 2.24) is 4.90 Å². The maximum absolute atomic E-state index is 13.4. The molecule has 1 amide bonds. The van der Waals surface area contributed by atoms with Crippen LogP contribution in [0.5, 0.6) is 0 Å². The van der Waals surface area contributed by atoms with Crippen LogP contribution in [0.3, 0.4) is 0 Å². The van der Waals surface area contributed by atoms with Crippen LogP contribution in [0.15, 0.2) is 18.2 Å². The van der Waals surface area contributed by atoms with E-state index in [4.69, 9.17) is 11.0 Å². The summed E-state index contributed by atoms with van der Waals surface area (Å²) < 4.78 is 26.4. The Kier molecular flexibility index (Phi) is 3.76.